The van der Waals surface area contributed by atoms with Gasteiger partial charge in [0.25, 0.3) is 0 Å². The first-order chi connectivity index (χ1) is 12.0. The van der Waals surface area contributed by atoms with E-state index in [4.69, 9.17) is 18.6 Å². The highest BCUT2D eigenvalue weighted by Crippen LogP contribution is 2.43. The molecule has 0 unspecified atom stereocenters. The van der Waals surface area contributed by atoms with Gasteiger partial charge in [-0.25, -0.2) is 4.79 Å². The fourth-order valence-electron chi connectivity index (χ4n) is 2.79. The summed E-state index contributed by atoms with van der Waals surface area (Å²) >= 11 is 0. The number of carbonyl (C=O) groups excluding carboxylic acids is 1. The van der Waals surface area contributed by atoms with E-state index in [0.29, 0.717) is 5.56 Å². The van der Waals surface area contributed by atoms with Crippen LogP contribution < -0.4 is 14.9 Å². The maximum absolute atomic E-state index is 12.8. The summed E-state index contributed by atoms with van der Waals surface area (Å²) in [5.74, 6) is -0.285. The minimum absolute atomic E-state index is 0.0119. The Morgan fingerprint density at radius 1 is 1.20 bits per heavy atom. The maximum atomic E-state index is 12.8. The summed E-state index contributed by atoms with van der Waals surface area (Å²) in [4.78, 5) is 24.9. The fraction of sp³-hybridized carbons (Fsp3) is 0.222. The summed E-state index contributed by atoms with van der Waals surface area (Å²) in [5, 5.41) is 9.72. The number of benzene rings is 1. The lowest BCUT2D eigenvalue weighted by molar-refractivity contribution is 0.0449. The average molecular weight is 344 g/mol. The van der Waals surface area contributed by atoms with Gasteiger partial charge in [0.15, 0.2) is 11.9 Å². The highest BCUT2D eigenvalue weighted by molar-refractivity contribution is 5.96. The molecule has 2 aromatic rings. The fourth-order valence-corrected chi connectivity index (χ4v) is 2.79. The van der Waals surface area contributed by atoms with E-state index >= 15 is 0 Å². The van der Waals surface area contributed by atoms with Crippen molar-refractivity contribution in [1.29, 1.82) is 0 Å². The molecule has 0 saturated heterocycles. The molecule has 0 amide bonds. The first kappa shape index (κ1) is 16.6. The first-order valence-corrected chi connectivity index (χ1v) is 7.46. The largest absolute Gasteiger partial charge is 0.508 e. The minimum Gasteiger partial charge on any atom is -0.508 e. The Kier molecular flexibility index (Phi) is 4.22. The lowest BCUT2D eigenvalue weighted by atomic mass is 9.98. The summed E-state index contributed by atoms with van der Waals surface area (Å²) in [5.41, 5.74) is 0.139. The van der Waals surface area contributed by atoms with Crippen molar-refractivity contribution >= 4 is 12.0 Å². The molecule has 0 bridgehead atoms. The monoisotopic (exact) mass is 344 g/mol. The molecule has 0 saturated carbocycles. The third-order valence-corrected chi connectivity index (χ3v) is 3.86. The molecule has 0 spiro atoms. The molecule has 0 radical (unpaired) electrons. The topological polar surface area (TPSA) is 95.2 Å². The van der Waals surface area contributed by atoms with Gasteiger partial charge in [-0.15, -0.1) is 0 Å². The second kappa shape index (κ2) is 6.35. The molecular formula is C18H16O7. The van der Waals surface area contributed by atoms with Crippen LogP contribution >= 0.6 is 0 Å². The van der Waals surface area contributed by atoms with Gasteiger partial charge in [0.05, 0.1) is 30.9 Å². The molecule has 1 N–H and O–H groups in total. The number of phenols is 1. The highest BCUT2D eigenvalue weighted by Gasteiger charge is 2.38. The van der Waals surface area contributed by atoms with Crippen LogP contribution in [-0.4, -0.2) is 25.3 Å². The number of methoxy groups -OCH3 is 2. The quantitative estimate of drug-likeness (QED) is 0.852. The van der Waals surface area contributed by atoms with E-state index in [1.807, 2.05) is 0 Å². The number of rotatable bonds is 4. The van der Waals surface area contributed by atoms with Gasteiger partial charge in [-0.1, -0.05) is 6.08 Å². The van der Waals surface area contributed by atoms with Gasteiger partial charge >= 0.3 is 5.97 Å². The lowest BCUT2D eigenvalue weighted by Gasteiger charge is -2.14. The predicted octanol–water partition coefficient (Wildman–Crippen LogP) is 2.66. The van der Waals surface area contributed by atoms with Crippen LogP contribution in [0.3, 0.4) is 0 Å². The molecule has 0 fully saturated rings. The zero-order chi connectivity index (χ0) is 18.1. The molecule has 3 rings (SSSR count). The number of carbonyl (C=O) groups is 1. The summed E-state index contributed by atoms with van der Waals surface area (Å²) in [7, 11) is 2.75. The van der Waals surface area contributed by atoms with E-state index in [-0.39, 0.29) is 34.1 Å². The molecule has 1 aromatic heterocycles. The number of phenolic OH excluding ortho intramolecular Hbond substituents is 1. The summed E-state index contributed by atoms with van der Waals surface area (Å²) in [6, 6.07) is 2.62. The Bertz CT molecular complexity index is 924. The van der Waals surface area contributed by atoms with Crippen LogP contribution in [-0.2, 0) is 4.74 Å². The second-order valence-corrected chi connectivity index (χ2v) is 5.31. The molecule has 1 aliphatic heterocycles. The minimum atomic E-state index is -1.01. The Balaban J connectivity index is 2.21. The zero-order valence-electron chi connectivity index (χ0n) is 13.9. The first-order valence-electron chi connectivity index (χ1n) is 7.46. The van der Waals surface area contributed by atoms with Gasteiger partial charge in [-0.2, -0.15) is 0 Å². The Morgan fingerprint density at radius 3 is 2.60 bits per heavy atom. The van der Waals surface area contributed by atoms with Crippen LogP contribution in [0.4, 0.5) is 0 Å². The Labute approximate surface area is 143 Å². The second-order valence-electron chi connectivity index (χ2n) is 5.31. The van der Waals surface area contributed by atoms with Crippen molar-refractivity contribution < 1.29 is 28.5 Å². The zero-order valence-corrected chi connectivity index (χ0v) is 13.9. The molecule has 0 aliphatic carbocycles. The molecule has 2 heterocycles. The van der Waals surface area contributed by atoms with Crippen molar-refractivity contribution in [2.24, 2.45) is 0 Å². The SMILES string of the molecule is CC=Cc1occ([C@H]2OC(=O)c3cc(O)cc(OC)c32)c(=O)c1OC. The third-order valence-electron chi connectivity index (χ3n) is 3.86. The van der Waals surface area contributed by atoms with Gasteiger partial charge < -0.3 is 23.7 Å². The van der Waals surface area contributed by atoms with E-state index in [9.17, 15) is 14.7 Å². The molecular weight excluding hydrogens is 328 g/mol. The number of hydrogen-bond donors (Lipinski definition) is 1. The van der Waals surface area contributed by atoms with Gasteiger partial charge in [0.1, 0.15) is 17.8 Å². The van der Waals surface area contributed by atoms with Gasteiger partial charge in [-0.05, 0) is 19.1 Å². The molecule has 25 heavy (non-hydrogen) atoms. The Hall–Kier alpha value is -3.22. The standard InChI is InChI=1S/C18H16O7/c1-4-5-12-17(23-3)15(20)11(8-24-12)16-14-10(18(21)25-16)6-9(19)7-13(14)22-2/h4-8,16,19H,1-3H3/t16-/m1/s1. The number of allylic oxidation sites excluding steroid dienone is 1. The molecule has 1 aromatic carbocycles. The molecule has 1 atom stereocenters. The molecule has 7 heteroatoms. The molecule has 7 nitrogen and oxygen atoms in total. The van der Waals surface area contributed by atoms with E-state index in [1.165, 1.54) is 32.6 Å². The lowest BCUT2D eigenvalue weighted by Crippen LogP contribution is -2.17. The number of esters is 1. The predicted molar refractivity (Wildman–Crippen MR) is 88.2 cm³/mol. The van der Waals surface area contributed by atoms with Crippen molar-refractivity contribution in [3.63, 3.8) is 0 Å². The van der Waals surface area contributed by atoms with E-state index in [0.717, 1.165) is 0 Å². The van der Waals surface area contributed by atoms with E-state index in [2.05, 4.69) is 0 Å². The van der Waals surface area contributed by atoms with Crippen LogP contribution in [0.1, 0.15) is 40.3 Å². The summed E-state index contributed by atoms with van der Waals surface area (Å²) in [6.07, 6.45) is 3.52. The van der Waals surface area contributed by atoms with Gasteiger partial charge in [0.2, 0.25) is 11.2 Å². The van der Waals surface area contributed by atoms with Gasteiger partial charge in [0, 0.05) is 6.07 Å². The van der Waals surface area contributed by atoms with E-state index < -0.39 is 17.5 Å². The summed E-state index contributed by atoms with van der Waals surface area (Å²) in [6.45, 7) is 1.78. The van der Waals surface area contributed by atoms with Crippen molar-refractivity contribution in [3.05, 3.63) is 57.1 Å². The van der Waals surface area contributed by atoms with Crippen LogP contribution in [0.25, 0.3) is 6.08 Å². The van der Waals surface area contributed by atoms with E-state index in [1.54, 1.807) is 19.1 Å². The highest BCUT2D eigenvalue weighted by atomic mass is 16.6. The molecule has 1 aliphatic rings. The third kappa shape index (κ3) is 2.63. The molecule has 130 valence electrons. The number of ether oxygens (including phenoxy) is 3. The number of hydrogen-bond acceptors (Lipinski definition) is 7. The smallest absolute Gasteiger partial charge is 0.339 e. The number of aromatic hydroxyl groups is 1. The van der Waals surface area contributed by atoms with Crippen molar-refractivity contribution in [2.45, 2.75) is 13.0 Å². The number of cyclic esters (lactones) is 1. The van der Waals surface area contributed by atoms with Crippen molar-refractivity contribution in [3.8, 4) is 17.2 Å². The van der Waals surface area contributed by atoms with Crippen LogP contribution in [0.15, 0.2) is 33.7 Å². The Morgan fingerprint density at radius 2 is 1.96 bits per heavy atom. The van der Waals surface area contributed by atoms with Gasteiger partial charge in [-0.3, -0.25) is 4.79 Å². The van der Waals surface area contributed by atoms with Crippen LogP contribution in [0.2, 0.25) is 0 Å². The van der Waals surface area contributed by atoms with Crippen LogP contribution in [0.5, 0.6) is 17.2 Å². The van der Waals surface area contributed by atoms with Crippen LogP contribution in [0, 0.1) is 0 Å². The van der Waals surface area contributed by atoms with Crippen molar-refractivity contribution in [1.82, 2.24) is 0 Å². The maximum Gasteiger partial charge on any atom is 0.339 e. The number of fused-ring (bicyclic) bond motifs is 1. The van der Waals surface area contributed by atoms with Crippen molar-refractivity contribution in [2.75, 3.05) is 14.2 Å². The normalized spacial score (nSPS) is 16.0. The summed E-state index contributed by atoms with van der Waals surface area (Å²) < 4.78 is 21.2. The average Bonchev–Trinajstić information content (AvgIpc) is 2.91.